The highest BCUT2D eigenvalue weighted by Gasteiger charge is 2.08. The molecule has 0 aliphatic carbocycles. The third-order valence-corrected chi connectivity index (χ3v) is 4.26. The fourth-order valence-electron chi connectivity index (χ4n) is 2.61. The van der Waals surface area contributed by atoms with Crippen LogP contribution < -0.4 is 10.6 Å². The van der Waals surface area contributed by atoms with Gasteiger partial charge in [0.2, 0.25) is 11.8 Å². The van der Waals surface area contributed by atoms with E-state index >= 15 is 0 Å². The second-order valence-electron chi connectivity index (χ2n) is 6.92. The summed E-state index contributed by atoms with van der Waals surface area (Å²) in [6, 6.07) is 17.2. The van der Waals surface area contributed by atoms with Crippen LogP contribution in [0.1, 0.15) is 25.0 Å². The van der Waals surface area contributed by atoms with Crippen LogP contribution in [-0.2, 0) is 22.6 Å². The molecule has 0 atom stereocenters. The Hall–Kier alpha value is -3.41. The molecule has 1 heterocycles. The van der Waals surface area contributed by atoms with E-state index in [0.29, 0.717) is 6.54 Å². The number of aromatic nitrogens is 2. The third kappa shape index (κ3) is 5.30. The molecular weight excluding hydrogens is 352 g/mol. The number of amides is 2. The Labute approximate surface area is 164 Å². The normalized spacial score (nSPS) is 10.7. The molecule has 0 spiro atoms. The largest absolute Gasteiger partial charge is 0.352 e. The van der Waals surface area contributed by atoms with Crippen LogP contribution in [0.2, 0.25) is 0 Å². The van der Waals surface area contributed by atoms with Gasteiger partial charge in [0, 0.05) is 24.3 Å². The van der Waals surface area contributed by atoms with Gasteiger partial charge in [-0.3, -0.25) is 9.59 Å². The molecule has 6 nitrogen and oxygen atoms in total. The van der Waals surface area contributed by atoms with Crippen molar-refractivity contribution in [2.45, 2.75) is 26.8 Å². The highest BCUT2D eigenvalue weighted by molar-refractivity contribution is 5.92. The Morgan fingerprint density at radius 1 is 1.00 bits per heavy atom. The van der Waals surface area contributed by atoms with Gasteiger partial charge in [0.15, 0.2) is 0 Å². The van der Waals surface area contributed by atoms with Crippen LogP contribution in [0, 0.1) is 5.92 Å². The first-order valence-corrected chi connectivity index (χ1v) is 9.27. The minimum absolute atomic E-state index is 0.0166. The highest BCUT2D eigenvalue weighted by Crippen LogP contribution is 2.11. The zero-order chi connectivity index (χ0) is 19.9. The molecule has 0 aliphatic heterocycles. The summed E-state index contributed by atoms with van der Waals surface area (Å²) >= 11 is 0. The summed E-state index contributed by atoms with van der Waals surface area (Å²) in [6.45, 7) is 4.13. The minimum Gasteiger partial charge on any atom is -0.352 e. The SMILES string of the molecule is CC(C)C(=O)Nc1ccc(CNC(=O)Cc2cnn(-c3ccccc3)c2)cc1. The number of carbonyl (C=O) groups is 2. The Balaban J connectivity index is 1.49. The molecule has 6 heteroatoms. The quantitative estimate of drug-likeness (QED) is 0.664. The third-order valence-electron chi connectivity index (χ3n) is 4.26. The maximum absolute atomic E-state index is 12.2. The molecule has 0 radical (unpaired) electrons. The number of rotatable bonds is 7. The summed E-state index contributed by atoms with van der Waals surface area (Å²) in [6.07, 6.45) is 3.84. The number of nitrogens with zero attached hydrogens (tertiary/aromatic N) is 2. The maximum atomic E-state index is 12.2. The van der Waals surface area contributed by atoms with E-state index in [9.17, 15) is 9.59 Å². The van der Waals surface area contributed by atoms with Crippen molar-refractivity contribution in [3.8, 4) is 5.69 Å². The van der Waals surface area contributed by atoms with Crippen molar-refractivity contribution in [2.24, 2.45) is 5.92 Å². The first kappa shape index (κ1) is 19.4. The number of hydrogen-bond donors (Lipinski definition) is 2. The Morgan fingerprint density at radius 3 is 2.39 bits per heavy atom. The molecule has 2 N–H and O–H groups in total. The predicted molar refractivity (Wildman–Crippen MR) is 109 cm³/mol. The van der Waals surface area contributed by atoms with Crippen molar-refractivity contribution < 1.29 is 9.59 Å². The molecule has 0 saturated heterocycles. The zero-order valence-corrected chi connectivity index (χ0v) is 16.1. The molecule has 1 aromatic heterocycles. The second-order valence-corrected chi connectivity index (χ2v) is 6.92. The van der Waals surface area contributed by atoms with Gasteiger partial charge in [0.1, 0.15) is 0 Å². The summed E-state index contributed by atoms with van der Waals surface area (Å²) in [7, 11) is 0. The van der Waals surface area contributed by atoms with E-state index in [1.54, 1.807) is 10.9 Å². The number of para-hydroxylation sites is 1. The number of nitrogens with one attached hydrogen (secondary N) is 2. The first-order chi connectivity index (χ1) is 13.5. The van der Waals surface area contributed by atoms with Gasteiger partial charge in [0.05, 0.1) is 18.3 Å². The Bertz CT molecular complexity index is 931. The summed E-state index contributed by atoms with van der Waals surface area (Å²) in [5.41, 5.74) is 3.53. The summed E-state index contributed by atoms with van der Waals surface area (Å²) < 4.78 is 1.76. The Kier molecular flexibility index (Phi) is 6.22. The predicted octanol–water partition coefficient (Wildman–Crippen LogP) is 3.33. The molecule has 144 valence electrons. The van der Waals surface area contributed by atoms with E-state index in [-0.39, 0.29) is 24.2 Å². The van der Waals surface area contributed by atoms with E-state index in [4.69, 9.17) is 0 Å². The maximum Gasteiger partial charge on any atom is 0.226 e. The molecule has 0 aliphatic rings. The van der Waals surface area contributed by atoms with Gasteiger partial charge >= 0.3 is 0 Å². The highest BCUT2D eigenvalue weighted by atomic mass is 16.2. The molecule has 0 fully saturated rings. The fraction of sp³-hybridized carbons (Fsp3) is 0.227. The topological polar surface area (TPSA) is 76.0 Å². The summed E-state index contributed by atoms with van der Waals surface area (Å²) in [5, 5.41) is 10.1. The lowest BCUT2D eigenvalue weighted by Gasteiger charge is -2.09. The fourth-order valence-corrected chi connectivity index (χ4v) is 2.61. The number of carbonyl (C=O) groups excluding carboxylic acids is 2. The smallest absolute Gasteiger partial charge is 0.226 e. The lowest BCUT2D eigenvalue weighted by atomic mass is 10.1. The standard InChI is InChI=1S/C22H24N4O2/c1-16(2)22(28)25-19-10-8-17(9-11-19)13-23-21(27)12-18-14-24-26(15-18)20-6-4-3-5-7-20/h3-11,14-16H,12-13H2,1-2H3,(H,23,27)(H,25,28). The molecular formula is C22H24N4O2. The monoisotopic (exact) mass is 376 g/mol. The first-order valence-electron chi connectivity index (χ1n) is 9.27. The van der Waals surface area contributed by atoms with Crippen LogP contribution in [-0.4, -0.2) is 21.6 Å². The zero-order valence-electron chi connectivity index (χ0n) is 16.1. The van der Waals surface area contributed by atoms with Gasteiger partial charge in [-0.05, 0) is 35.4 Å². The van der Waals surface area contributed by atoms with Crippen molar-refractivity contribution in [3.05, 3.63) is 78.1 Å². The Morgan fingerprint density at radius 2 is 1.71 bits per heavy atom. The number of hydrogen-bond acceptors (Lipinski definition) is 3. The number of benzene rings is 2. The van der Waals surface area contributed by atoms with Gasteiger partial charge in [-0.2, -0.15) is 5.10 Å². The van der Waals surface area contributed by atoms with Gasteiger partial charge < -0.3 is 10.6 Å². The van der Waals surface area contributed by atoms with E-state index in [1.165, 1.54) is 0 Å². The van der Waals surface area contributed by atoms with Crippen LogP contribution in [0.15, 0.2) is 67.0 Å². The molecule has 2 aromatic carbocycles. The van der Waals surface area contributed by atoms with Crippen molar-refractivity contribution in [1.82, 2.24) is 15.1 Å². The van der Waals surface area contributed by atoms with Crippen LogP contribution in [0.5, 0.6) is 0 Å². The van der Waals surface area contributed by atoms with E-state index in [0.717, 1.165) is 22.5 Å². The van der Waals surface area contributed by atoms with E-state index in [1.807, 2.05) is 74.6 Å². The molecule has 2 amide bonds. The molecule has 3 rings (SSSR count). The van der Waals surface area contributed by atoms with Gasteiger partial charge in [-0.15, -0.1) is 0 Å². The van der Waals surface area contributed by atoms with Crippen molar-refractivity contribution in [2.75, 3.05) is 5.32 Å². The lowest BCUT2D eigenvalue weighted by Crippen LogP contribution is -2.24. The average Bonchev–Trinajstić information content (AvgIpc) is 3.16. The van der Waals surface area contributed by atoms with E-state index in [2.05, 4.69) is 15.7 Å². The van der Waals surface area contributed by atoms with Crippen molar-refractivity contribution in [3.63, 3.8) is 0 Å². The summed E-state index contributed by atoms with van der Waals surface area (Å²) in [4.78, 5) is 23.9. The molecule has 28 heavy (non-hydrogen) atoms. The second kappa shape index (κ2) is 8.99. The lowest BCUT2D eigenvalue weighted by molar-refractivity contribution is -0.120. The van der Waals surface area contributed by atoms with Gasteiger partial charge in [0.25, 0.3) is 0 Å². The van der Waals surface area contributed by atoms with Crippen LogP contribution in [0.4, 0.5) is 5.69 Å². The van der Waals surface area contributed by atoms with Crippen molar-refractivity contribution >= 4 is 17.5 Å². The molecule has 0 unspecified atom stereocenters. The van der Waals surface area contributed by atoms with Gasteiger partial charge in [-0.25, -0.2) is 4.68 Å². The van der Waals surface area contributed by atoms with Gasteiger partial charge in [-0.1, -0.05) is 44.2 Å². The van der Waals surface area contributed by atoms with Crippen LogP contribution in [0.25, 0.3) is 5.69 Å². The summed E-state index contributed by atoms with van der Waals surface area (Å²) in [5.74, 6) is -0.146. The molecule has 0 bridgehead atoms. The average molecular weight is 376 g/mol. The van der Waals surface area contributed by atoms with Crippen LogP contribution >= 0.6 is 0 Å². The molecule has 0 saturated carbocycles. The van der Waals surface area contributed by atoms with Crippen molar-refractivity contribution in [1.29, 1.82) is 0 Å². The minimum atomic E-state index is -0.0650. The number of anilines is 1. The van der Waals surface area contributed by atoms with Crippen LogP contribution in [0.3, 0.4) is 0 Å². The van der Waals surface area contributed by atoms with E-state index < -0.39 is 0 Å². The molecule has 3 aromatic rings.